The standard InChI is InChI=1S/C21H25ClN2O5S/c1-4-18(24(30(3,26)27)15-10-9-14(2)17(22)11-15)21(25)23-12-16-13-28-19-7-5-6-8-20(19)29-16/h5-11,16,18H,4,12-13H2,1-3H3,(H,23,25)/t16-,18+/m0/s1. The van der Waals surface area contributed by atoms with Crippen LogP contribution in [0.3, 0.4) is 0 Å². The maximum atomic E-state index is 12.9. The molecule has 0 unspecified atom stereocenters. The van der Waals surface area contributed by atoms with E-state index < -0.39 is 22.0 Å². The minimum absolute atomic E-state index is 0.190. The zero-order valence-corrected chi connectivity index (χ0v) is 18.7. The number of fused-ring (bicyclic) bond motifs is 1. The summed E-state index contributed by atoms with van der Waals surface area (Å²) in [6, 6.07) is 11.3. The fourth-order valence-corrected chi connectivity index (χ4v) is 4.65. The monoisotopic (exact) mass is 452 g/mol. The van der Waals surface area contributed by atoms with E-state index in [0.717, 1.165) is 16.1 Å². The first-order valence-electron chi connectivity index (χ1n) is 9.62. The first kappa shape index (κ1) is 22.2. The summed E-state index contributed by atoms with van der Waals surface area (Å²) in [7, 11) is -3.73. The maximum Gasteiger partial charge on any atom is 0.244 e. The van der Waals surface area contributed by atoms with Gasteiger partial charge in [-0.15, -0.1) is 0 Å². The Morgan fingerprint density at radius 1 is 1.27 bits per heavy atom. The van der Waals surface area contributed by atoms with Crippen molar-refractivity contribution in [2.75, 3.05) is 23.7 Å². The van der Waals surface area contributed by atoms with Crippen molar-refractivity contribution in [2.45, 2.75) is 32.4 Å². The highest BCUT2D eigenvalue weighted by atomic mass is 35.5. The molecule has 2 aromatic rings. The Hall–Kier alpha value is -2.45. The first-order chi connectivity index (χ1) is 14.2. The molecule has 0 aliphatic carbocycles. The van der Waals surface area contributed by atoms with Crippen LogP contribution in [0.25, 0.3) is 0 Å². The van der Waals surface area contributed by atoms with E-state index in [9.17, 15) is 13.2 Å². The topological polar surface area (TPSA) is 84.9 Å². The molecule has 0 saturated carbocycles. The second-order valence-electron chi connectivity index (χ2n) is 7.16. The summed E-state index contributed by atoms with van der Waals surface area (Å²) >= 11 is 6.19. The minimum atomic E-state index is -3.73. The van der Waals surface area contributed by atoms with Crippen LogP contribution >= 0.6 is 11.6 Å². The van der Waals surface area contributed by atoms with E-state index in [1.807, 2.05) is 25.1 Å². The largest absolute Gasteiger partial charge is 0.486 e. The number of carbonyl (C=O) groups is 1. The molecule has 30 heavy (non-hydrogen) atoms. The van der Waals surface area contributed by atoms with Gasteiger partial charge in [-0.05, 0) is 43.2 Å². The molecule has 0 aromatic heterocycles. The molecular weight excluding hydrogens is 428 g/mol. The third-order valence-electron chi connectivity index (χ3n) is 4.81. The maximum absolute atomic E-state index is 12.9. The number of rotatable bonds is 7. The summed E-state index contributed by atoms with van der Waals surface area (Å²) in [5.41, 5.74) is 1.17. The van der Waals surface area contributed by atoms with Crippen molar-refractivity contribution in [3.05, 3.63) is 53.1 Å². The van der Waals surface area contributed by atoms with Gasteiger partial charge in [0.1, 0.15) is 18.8 Å². The normalized spacial score (nSPS) is 16.6. The third-order valence-corrected chi connectivity index (χ3v) is 6.40. The lowest BCUT2D eigenvalue weighted by atomic mass is 10.1. The highest BCUT2D eigenvalue weighted by Gasteiger charge is 2.32. The fourth-order valence-electron chi connectivity index (χ4n) is 3.28. The van der Waals surface area contributed by atoms with Gasteiger partial charge < -0.3 is 14.8 Å². The molecule has 1 amide bonds. The van der Waals surface area contributed by atoms with E-state index in [1.54, 1.807) is 31.2 Å². The molecule has 0 radical (unpaired) electrons. The van der Waals surface area contributed by atoms with E-state index in [-0.39, 0.29) is 25.7 Å². The molecule has 162 valence electrons. The van der Waals surface area contributed by atoms with Crippen molar-refractivity contribution in [1.29, 1.82) is 0 Å². The molecule has 0 saturated heterocycles. The van der Waals surface area contributed by atoms with E-state index in [1.165, 1.54) is 0 Å². The number of carbonyl (C=O) groups excluding carboxylic acids is 1. The number of para-hydroxylation sites is 2. The van der Waals surface area contributed by atoms with E-state index in [2.05, 4.69) is 5.32 Å². The van der Waals surface area contributed by atoms with Gasteiger partial charge in [0.2, 0.25) is 15.9 Å². The molecule has 3 rings (SSSR count). The Morgan fingerprint density at radius 2 is 1.97 bits per heavy atom. The number of nitrogens with one attached hydrogen (secondary N) is 1. The van der Waals surface area contributed by atoms with Crippen LogP contribution in [0.1, 0.15) is 18.9 Å². The lowest BCUT2D eigenvalue weighted by molar-refractivity contribution is -0.122. The first-order valence-corrected chi connectivity index (χ1v) is 11.8. The number of hydrogen-bond acceptors (Lipinski definition) is 5. The molecule has 2 atom stereocenters. The number of ether oxygens (including phenoxy) is 2. The molecule has 7 nitrogen and oxygen atoms in total. The number of amides is 1. The predicted molar refractivity (Wildman–Crippen MR) is 117 cm³/mol. The summed E-state index contributed by atoms with van der Waals surface area (Å²) in [6.07, 6.45) is 0.989. The van der Waals surface area contributed by atoms with Crippen LogP contribution in [-0.4, -0.2) is 45.9 Å². The molecule has 1 heterocycles. The van der Waals surface area contributed by atoms with Gasteiger partial charge in [0.15, 0.2) is 11.5 Å². The predicted octanol–water partition coefficient (Wildman–Crippen LogP) is 3.15. The van der Waals surface area contributed by atoms with Crippen molar-refractivity contribution in [2.24, 2.45) is 0 Å². The molecule has 0 spiro atoms. The lowest BCUT2D eigenvalue weighted by Crippen LogP contribution is -2.51. The summed E-state index contributed by atoms with van der Waals surface area (Å²) in [4.78, 5) is 12.9. The van der Waals surface area contributed by atoms with Gasteiger partial charge in [-0.2, -0.15) is 0 Å². The second kappa shape index (κ2) is 9.14. The van der Waals surface area contributed by atoms with Gasteiger partial charge >= 0.3 is 0 Å². The Balaban J connectivity index is 1.74. The molecule has 1 aliphatic rings. The zero-order chi connectivity index (χ0) is 21.9. The van der Waals surface area contributed by atoms with Crippen LogP contribution in [-0.2, 0) is 14.8 Å². The highest BCUT2D eigenvalue weighted by Crippen LogP contribution is 2.31. The molecule has 0 fully saturated rings. The van der Waals surface area contributed by atoms with Crippen LogP contribution in [0.4, 0.5) is 5.69 Å². The van der Waals surface area contributed by atoms with Crippen molar-refractivity contribution in [3.63, 3.8) is 0 Å². The zero-order valence-electron chi connectivity index (χ0n) is 17.1. The molecule has 1 N–H and O–H groups in total. The number of halogens is 1. The van der Waals surface area contributed by atoms with Gasteiger partial charge in [-0.25, -0.2) is 8.42 Å². The fraction of sp³-hybridized carbons (Fsp3) is 0.381. The number of anilines is 1. The van der Waals surface area contributed by atoms with Gasteiger partial charge in [-0.3, -0.25) is 9.10 Å². The van der Waals surface area contributed by atoms with Crippen LogP contribution in [0.15, 0.2) is 42.5 Å². The van der Waals surface area contributed by atoms with Crippen molar-refractivity contribution in [1.82, 2.24) is 5.32 Å². The summed E-state index contributed by atoms with van der Waals surface area (Å²) < 4.78 is 37.7. The highest BCUT2D eigenvalue weighted by molar-refractivity contribution is 7.92. The molecule has 2 aromatic carbocycles. The number of benzene rings is 2. The summed E-state index contributed by atoms with van der Waals surface area (Å²) in [5, 5.41) is 3.23. The van der Waals surface area contributed by atoms with E-state index in [0.29, 0.717) is 22.2 Å². The average molecular weight is 453 g/mol. The number of hydrogen-bond donors (Lipinski definition) is 1. The SMILES string of the molecule is CC[C@H](C(=O)NC[C@H]1COc2ccccc2O1)N(c1ccc(C)c(Cl)c1)S(C)(=O)=O. The molecule has 9 heteroatoms. The Labute approximate surface area is 182 Å². The summed E-state index contributed by atoms with van der Waals surface area (Å²) in [6.45, 7) is 4.06. The Kier molecular flexibility index (Phi) is 6.77. The Morgan fingerprint density at radius 3 is 2.60 bits per heavy atom. The number of aryl methyl sites for hydroxylation is 1. The minimum Gasteiger partial charge on any atom is -0.486 e. The number of nitrogens with zero attached hydrogens (tertiary/aromatic N) is 1. The number of sulfonamides is 1. The molecular formula is C21H25ClN2O5S. The molecule has 1 aliphatic heterocycles. The van der Waals surface area contributed by atoms with E-state index in [4.69, 9.17) is 21.1 Å². The van der Waals surface area contributed by atoms with Gasteiger partial charge in [-0.1, -0.05) is 36.7 Å². The summed E-state index contributed by atoms with van der Waals surface area (Å²) in [5.74, 6) is 0.857. The van der Waals surface area contributed by atoms with Crippen LogP contribution in [0.5, 0.6) is 11.5 Å². The van der Waals surface area contributed by atoms with Gasteiger partial charge in [0.25, 0.3) is 0 Å². The van der Waals surface area contributed by atoms with Crippen LogP contribution < -0.4 is 19.1 Å². The smallest absolute Gasteiger partial charge is 0.244 e. The Bertz CT molecular complexity index is 1030. The van der Waals surface area contributed by atoms with Crippen LogP contribution in [0.2, 0.25) is 5.02 Å². The third kappa shape index (κ3) is 4.99. The molecule has 0 bridgehead atoms. The van der Waals surface area contributed by atoms with Gasteiger partial charge in [0.05, 0.1) is 18.5 Å². The van der Waals surface area contributed by atoms with Crippen LogP contribution in [0, 0.1) is 6.92 Å². The van der Waals surface area contributed by atoms with Crippen molar-refractivity contribution < 1.29 is 22.7 Å². The van der Waals surface area contributed by atoms with Gasteiger partial charge in [0, 0.05) is 5.02 Å². The van der Waals surface area contributed by atoms with E-state index >= 15 is 0 Å². The van der Waals surface area contributed by atoms with Crippen molar-refractivity contribution in [3.8, 4) is 11.5 Å². The van der Waals surface area contributed by atoms with Crippen molar-refractivity contribution >= 4 is 33.2 Å². The quantitative estimate of drug-likeness (QED) is 0.697. The second-order valence-corrected chi connectivity index (χ2v) is 9.43. The lowest BCUT2D eigenvalue weighted by Gasteiger charge is -2.31. The average Bonchev–Trinajstić information content (AvgIpc) is 2.71.